The van der Waals surface area contributed by atoms with Crippen LogP contribution in [0.1, 0.15) is 13.8 Å². The summed E-state index contributed by atoms with van der Waals surface area (Å²) in [5.41, 5.74) is 0. The van der Waals surface area contributed by atoms with Crippen molar-refractivity contribution < 1.29 is 13.2 Å². The Morgan fingerprint density at radius 2 is 1.80 bits per heavy atom. The maximum atomic E-state index is 12.1. The molecule has 0 atom stereocenters. The third kappa shape index (κ3) is 3.71. The molecule has 0 amide bonds. The van der Waals surface area contributed by atoms with Crippen molar-refractivity contribution in [2.75, 3.05) is 4.72 Å². The van der Waals surface area contributed by atoms with Crippen LogP contribution < -0.4 is 9.46 Å². The van der Waals surface area contributed by atoms with Crippen molar-refractivity contribution in [2.45, 2.75) is 24.8 Å². The molecule has 2 rings (SSSR count). The molecular formula is C14H16N2O3S. The highest BCUT2D eigenvalue weighted by Gasteiger charge is 2.14. The van der Waals surface area contributed by atoms with Gasteiger partial charge in [0.05, 0.1) is 11.0 Å². The summed E-state index contributed by atoms with van der Waals surface area (Å²) >= 11 is 0. The number of nitrogens with one attached hydrogen (secondary N) is 1. The van der Waals surface area contributed by atoms with Crippen LogP contribution in [0, 0.1) is 0 Å². The van der Waals surface area contributed by atoms with E-state index in [2.05, 4.69) is 9.71 Å². The lowest BCUT2D eigenvalue weighted by molar-refractivity contribution is 0.242. The van der Waals surface area contributed by atoms with Gasteiger partial charge in [-0.05, 0) is 50.2 Å². The number of ether oxygens (including phenoxy) is 1. The van der Waals surface area contributed by atoms with Crippen LogP contribution in [0.2, 0.25) is 0 Å². The van der Waals surface area contributed by atoms with Gasteiger partial charge in [-0.25, -0.2) is 13.4 Å². The van der Waals surface area contributed by atoms with E-state index < -0.39 is 10.0 Å². The highest BCUT2D eigenvalue weighted by atomic mass is 32.2. The van der Waals surface area contributed by atoms with Gasteiger partial charge in [0.25, 0.3) is 10.0 Å². The Labute approximate surface area is 118 Å². The number of nitrogens with zero attached hydrogens (tertiary/aromatic N) is 1. The Morgan fingerprint density at radius 1 is 1.10 bits per heavy atom. The molecule has 1 aromatic heterocycles. The van der Waals surface area contributed by atoms with Gasteiger partial charge in [0.15, 0.2) is 0 Å². The first-order chi connectivity index (χ1) is 9.47. The number of pyridine rings is 1. The third-order valence-electron chi connectivity index (χ3n) is 2.41. The number of sulfonamides is 1. The van der Waals surface area contributed by atoms with E-state index in [1.54, 1.807) is 30.3 Å². The Bertz CT molecular complexity index is 653. The van der Waals surface area contributed by atoms with E-state index in [1.807, 2.05) is 13.8 Å². The number of hydrogen-bond donors (Lipinski definition) is 1. The van der Waals surface area contributed by atoms with Crippen LogP contribution in [-0.2, 0) is 10.0 Å². The van der Waals surface area contributed by atoms with Gasteiger partial charge in [0, 0.05) is 6.20 Å². The summed E-state index contributed by atoms with van der Waals surface area (Å²) in [6.07, 6.45) is 1.57. The van der Waals surface area contributed by atoms with Crippen LogP contribution >= 0.6 is 0 Å². The molecule has 0 bridgehead atoms. The fraction of sp³-hybridized carbons (Fsp3) is 0.214. The maximum Gasteiger partial charge on any atom is 0.263 e. The highest BCUT2D eigenvalue weighted by Crippen LogP contribution is 2.19. The van der Waals surface area contributed by atoms with Crippen molar-refractivity contribution in [3.05, 3.63) is 48.7 Å². The number of benzene rings is 1. The summed E-state index contributed by atoms with van der Waals surface area (Å²) in [6.45, 7) is 3.82. The summed E-state index contributed by atoms with van der Waals surface area (Å²) in [5, 5.41) is 0. The number of aromatic nitrogens is 1. The summed E-state index contributed by atoms with van der Waals surface area (Å²) in [6, 6.07) is 11.3. The average molecular weight is 292 g/mol. The van der Waals surface area contributed by atoms with Crippen LogP contribution in [-0.4, -0.2) is 19.5 Å². The van der Waals surface area contributed by atoms with E-state index in [9.17, 15) is 8.42 Å². The van der Waals surface area contributed by atoms with Crippen molar-refractivity contribution in [2.24, 2.45) is 0 Å². The zero-order chi connectivity index (χ0) is 14.6. The van der Waals surface area contributed by atoms with Gasteiger partial charge < -0.3 is 4.74 Å². The molecule has 1 N–H and O–H groups in total. The number of rotatable bonds is 5. The molecule has 0 aliphatic heterocycles. The molecule has 5 nitrogen and oxygen atoms in total. The molecule has 6 heteroatoms. The second-order valence-corrected chi connectivity index (χ2v) is 6.14. The summed E-state index contributed by atoms with van der Waals surface area (Å²) in [4.78, 5) is 4.10. The van der Waals surface area contributed by atoms with Gasteiger partial charge >= 0.3 is 0 Å². The minimum absolute atomic E-state index is 0.0455. The Morgan fingerprint density at radius 3 is 2.35 bits per heavy atom. The minimum atomic E-state index is -3.63. The molecule has 0 aliphatic rings. The van der Waals surface area contributed by atoms with Crippen molar-refractivity contribution >= 4 is 15.8 Å². The molecule has 0 saturated heterocycles. The largest absolute Gasteiger partial charge is 0.491 e. The molecule has 1 heterocycles. The SMILES string of the molecule is CC(C)Oc1ccc(S(=O)(=O)Nc2ccccn2)cc1. The van der Waals surface area contributed by atoms with Gasteiger partial charge in [-0.1, -0.05) is 6.07 Å². The van der Waals surface area contributed by atoms with Crippen molar-refractivity contribution in [3.63, 3.8) is 0 Å². The van der Waals surface area contributed by atoms with E-state index in [1.165, 1.54) is 18.3 Å². The summed E-state index contributed by atoms with van der Waals surface area (Å²) < 4.78 is 32.2. The van der Waals surface area contributed by atoms with E-state index in [0.717, 1.165) is 0 Å². The molecule has 2 aromatic rings. The van der Waals surface area contributed by atoms with E-state index >= 15 is 0 Å². The van der Waals surface area contributed by atoms with Crippen molar-refractivity contribution in [1.82, 2.24) is 4.98 Å². The zero-order valence-electron chi connectivity index (χ0n) is 11.3. The van der Waals surface area contributed by atoms with E-state index in [-0.39, 0.29) is 16.8 Å². The normalized spacial score (nSPS) is 11.3. The lowest BCUT2D eigenvalue weighted by Crippen LogP contribution is -2.13. The number of anilines is 1. The molecule has 106 valence electrons. The van der Waals surface area contributed by atoms with Crippen LogP contribution in [0.5, 0.6) is 5.75 Å². The first kappa shape index (κ1) is 14.3. The molecule has 0 radical (unpaired) electrons. The topological polar surface area (TPSA) is 68.3 Å². The first-order valence-electron chi connectivity index (χ1n) is 6.18. The fourth-order valence-electron chi connectivity index (χ4n) is 1.59. The van der Waals surface area contributed by atoms with E-state index in [4.69, 9.17) is 4.74 Å². The van der Waals surface area contributed by atoms with Gasteiger partial charge in [-0.2, -0.15) is 0 Å². The lowest BCUT2D eigenvalue weighted by atomic mass is 10.3. The molecule has 0 unspecified atom stereocenters. The highest BCUT2D eigenvalue weighted by molar-refractivity contribution is 7.92. The Hall–Kier alpha value is -2.08. The average Bonchev–Trinajstić information content (AvgIpc) is 2.39. The predicted octanol–water partition coefficient (Wildman–Crippen LogP) is 2.67. The molecule has 0 spiro atoms. The van der Waals surface area contributed by atoms with Gasteiger partial charge in [0.2, 0.25) is 0 Å². The second-order valence-electron chi connectivity index (χ2n) is 4.46. The van der Waals surface area contributed by atoms with Gasteiger partial charge in [0.1, 0.15) is 11.6 Å². The second kappa shape index (κ2) is 5.92. The first-order valence-corrected chi connectivity index (χ1v) is 7.66. The molecule has 0 saturated carbocycles. The third-order valence-corrected chi connectivity index (χ3v) is 3.78. The molecular weight excluding hydrogens is 276 g/mol. The monoisotopic (exact) mass is 292 g/mol. The molecule has 0 aliphatic carbocycles. The minimum Gasteiger partial charge on any atom is -0.491 e. The molecule has 0 fully saturated rings. The Kier molecular flexibility index (Phi) is 4.24. The molecule has 20 heavy (non-hydrogen) atoms. The molecule has 1 aromatic carbocycles. The van der Waals surface area contributed by atoms with Gasteiger partial charge in [-0.3, -0.25) is 4.72 Å². The van der Waals surface area contributed by atoms with Crippen LogP contribution in [0.25, 0.3) is 0 Å². The quantitative estimate of drug-likeness (QED) is 0.920. The standard InChI is InChI=1S/C14H16N2O3S/c1-11(2)19-12-6-8-13(9-7-12)20(17,18)16-14-5-3-4-10-15-14/h3-11H,1-2H3,(H,15,16). The summed E-state index contributed by atoms with van der Waals surface area (Å²) in [7, 11) is -3.63. The predicted molar refractivity (Wildman–Crippen MR) is 77.3 cm³/mol. The fourth-order valence-corrected chi connectivity index (χ4v) is 2.60. The summed E-state index contributed by atoms with van der Waals surface area (Å²) in [5.74, 6) is 0.923. The van der Waals surface area contributed by atoms with Crippen LogP contribution in [0.4, 0.5) is 5.82 Å². The maximum absolute atomic E-state index is 12.1. The van der Waals surface area contributed by atoms with Crippen molar-refractivity contribution in [1.29, 1.82) is 0 Å². The lowest BCUT2D eigenvalue weighted by Gasteiger charge is -2.11. The van der Waals surface area contributed by atoms with Crippen molar-refractivity contribution in [3.8, 4) is 5.75 Å². The smallest absolute Gasteiger partial charge is 0.263 e. The Balaban J connectivity index is 2.17. The van der Waals surface area contributed by atoms with Crippen LogP contribution in [0.15, 0.2) is 53.6 Å². The zero-order valence-corrected chi connectivity index (χ0v) is 12.1. The van der Waals surface area contributed by atoms with E-state index in [0.29, 0.717) is 5.75 Å². The van der Waals surface area contributed by atoms with Gasteiger partial charge in [-0.15, -0.1) is 0 Å². The number of hydrogen-bond acceptors (Lipinski definition) is 4. The van der Waals surface area contributed by atoms with Crippen LogP contribution in [0.3, 0.4) is 0 Å².